The molecule has 0 aliphatic carbocycles. The predicted molar refractivity (Wildman–Crippen MR) is 104 cm³/mol. The van der Waals surface area contributed by atoms with Crippen LogP contribution in [0.15, 0.2) is 17.0 Å². The normalized spacial score (nSPS) is 22.8. The Kier molecular flexibility index (Phi) is 5.93. The van der Waals surface area contributed by atoms with Gasteiger partial charge in [0.1, 0.15) is 0 Å². The van der Waals surface area contributed by atoms with Crippen LogP contribution in [0.25, 0.3) is 0 Å². The van der Waals surface area contributed by atoms with Gasteiger partial charge in [0.25, 0.3) is 5.91 Å². The minimum atomic E-state index is -3.60. The summed E-state index contributed by atoms with van der Waals surface area (Å²) in [6.45, 7) is 10.4. The van der Waals surface area contributed by atoms with Crippen molar-refractivity contribution in [2.24, 2.45) is 5.92 Å². The van der Waals surface area contributed by atoms with E-state index >= 15 is 0 Å². The molecule has 1 aromatic carbocycles. The van der Waals surface area contributed by atoms with Gasteiger partial charge in [-0.3, -0.25) is 4.79 Å². The molecule has 6 nitrogen and oxygen atoms in total. The van der Waals surface area contributed by atoms with Crippen molar-refractivity contribution < 1.29 is 17.9 Å². The molecule has 2 aliphatic rings. The molecular formula is C20H30N2O4S. The Bertz CT molecular complexity index is 814. The number of benzene rings is 1. The van der Waals surface area contributed by atoms with Crippen molar-refractivity contribution in [3.05, 3.63) is 28.8 Å². The lowest BCUT2D eigenvalue weighted by molar-refractivity contribution is -0.0124. The lowest BCUT2D eigenvalue weighted by Crippen LogP contribution is -2.44. The van der Waals surface area contributed by atoms with Gasteiger partial charge in [0.05, 0.1) is 17.6 Å². The van der Waals surface area contributed by atoms with E-state index in [0.717, 1.165) is 24.0 Å². The SMILES string of the molecule is Cc1cc(C(=O)N2CCOC(C)C2)cc(S(=O)(=O)N2CCC(C)CC2)c1C. The second-order valence-corrected chi connectivity index (χ2v) is 9.84. The molecule has 0 spiro atoms. The van der Waals surface area contributed by atoms with Crippen LogP contribution in [0, 0.1) is 19.8 Å². The van der Waals surface area contributed by atoms with Crippen molar-refractivity contribution >= 4 is 15.9 Å². The summed E-state index contributed by atoms with van der Waals surface area (Å²) in [5, 5.41) is 0. The number of piperidine rings is 1. The van der Waals surface area contributed by atoms with Crippen molar-refractivity contribution in [2.75, 3.05) is 32.8 Å². The van der Waals surface area contributed by atoms with E-state index in [9.17, 15) is 13.2 Å². The third-order valence-corrected chi connectivity index (χ3v) is 7.78. The lowest BCUT2D eigenvalue weighted by atomic mass is 10.0. The van der Waals surface area contributed by atoms with Crippen LogP contribution in [0.4, 0.5) is 0 Å². The van der Waals surface area contributed by atoms with Gasteiger partial charge in [0.2, 0.25) is 10.0 Å². The van der Waals surface area contributed by atoms with Crippen LogP contribution in [0.2, 0.25) is 0 Å². The number of aryl methyl sites for hydroxylation is 1. The van der Waals surface area contributed by atoms with Crippen molar-refractivity contribution in [3.63, 3.8) is 0 Å². The zero-order valence-corrected chi connectivity index (χ0v) is 17.5. The monoisotopic (exact) mass is 394 g/mol. The van der Waals surface area contributed by atoms with E-state index in [1.165, 1.54) is 0 Å². The second-order valence-electron chi connectivity index (χ2n) is 7.94. The summed E-state index contributed by atoms with van der Waals surface area (Å²) in [4.78, 5) is 15.0. The highest BCUT2D eigenvalue weighted by atomic mass is 32.2. The van der Waals surface area contributed by atoms with E-state index < -0.39 is 10.0 Å². The highest BCUT2D eigenvalue weighted by Gasteiger charge is 2.31. The molecule has 2 fully saturated rings. The van der Waals surface area contributed by atoms with Crippen molar-refractivity contribution in [1.29, 1.82) is 0 Å². The Morgan fingerprint density at radius 3 is 2.41 bits per heavy atom. The first-order chi connectivity index (χ1) is 12.7. The smallest absolute Gasteiger partial charge is 0.254 e. The van der Waals surface area contributed by atoms with Crippen LogP contribution in [-0.4, -0.2) is 62.4 Å². The number of carbonyl (C=O) groups is 1. The fraction of sp³-hybridized carbons (Fsp3) is 0.650. The summed E-state index contributed by atoms with van der Waals surface area (Å²) in [5.41, 5.74) is 1.99. The number of rotatable bonds is 3. The molecule has 0 radical (unpaired) electrons. The summed E-state index contributed by atoms with van der Waals surface area (Å²) in [6, 6.07) is 3.37. The maximum Gasteiger partial charge on any atom is 0.254 e. The molecule has 3 rings (SSSR count). The van der Waals surface area contributed by atoms with Crippen molar-refractivity contribution in [2.45, 2.75) is 51.5 Å². The zero-order chi connectivity index (χ0) is 19.8. The molecule has 1 unspecified atom stereocenters. The minimum Gasteiger partial charge on any atom is -0.375 e. The van der Waals surface area contributed by atoms with Gasteiger partial charge in [-0.25, -0.2) is 8.42 Å². The molecule has 1 atom stereocenters. The van der Waals surface area contributed by atoms with Gasteiger partial charge >= 0.3 is 0 Å². The van der Waals surface area contributed by atoms with Crippen molar-refractivity contribution in [3.8, 4) is 0 Å². The van der Waals surface area contributed by atoms with E-state index in [2.05, 4.69) is 6.92 Å². The Morgan fingerprint density at radius 1 is 1.11 bits per heavy atom. The zero-order valence-electron chi connectivity index (χ0n) is 16.7. The van der Waals surface area contributed by atoms with Gasteiger partial charge in [-0.1, -0.05) is 6.92 Å². The molecule has 0 aromatic heterocycles. The molecule has 2 aliphatic heterocycles. The molecule has 0 saturated carbocycles. The van der Waals surface area contributed by atoms with Crippen LogP contribution in [-0.2, 0) is 14.8 Å². The Balaban J connectivity index is 1.93. The lowest BCUT2D eigenvalue weighted by Gasteiger charge is -2.32. The highest BCUT2D eigenvalue weighted by Crippen LogP contribution is 2.28. The number of ether oxygens (including phenoxy) is 1. The quantitative estimate of drug-likeness (QED) is 0.790. The summed E-state index contributed by atoms with van der Waals surface area (Å²) in [6.07, 6.45) is 1.75. The van der Waals surface area contributed by atoms with Crippen LogP contribution in [0.1, 0.15) is 48.2 Å². The third kappa shape index (κ3) is 4.20. The van der Waals surface area contributed by atoms with Crippen LogP contribution >= 0.6 is 0 Å². The van der Waals surface area contributed by atoms with Crippen molar-refractivity contribution in [1.82, 2.24) is 9.21 Å². The van der Waals surface area contributed by atoms with E-state index in [1.807, 2.05) is 20.8 Å². The number of hydrogen-bond acceptors (Lipinski definition) is 4. The maximum absolute atomic E-state index is 13.3. The molecule has 2 heterocycles. The van der Waals surface area contributed by atoms with Crippen LogP contribution in [0.3, 0.4) is 0 Å². The first-order valence-corrected chi connectivity index (χ1v) is 11.2. The first kappa shape index (κ1) is 20.3. The minimum absolute atomic E-state index is 0.00668. The molecule has 1 aromatic rings. The molecule has 7 heteroatoms. The van der Waals surface area contributed by atoms with E-state index in [1.54, 1.807) is 21.3 Å². The van der Waals surface area contributed by atoms with E-state index in [0.29, 0.717) is 44.3 Å². The summed E-state index contributed by atoms with van der Waals surface area (Å²) >= 11 is 0. The third-order valence-electron chi connectivity index (χ3n) is 5.76. The number of carbonyl (C=O) groups excluding carboxylic acids is 1. The standard InChI is InChI=1S/C20H30N2O4S/c1-14-5-7-22(8-6-14)27(24,25)19-12-18(11-15(2)17(19)4)20(23)21-9-10-26-16(3)13-21/h11-12,14,16H,5-10,13H2,1-4H3. The summed E-state index contributed by atoms with van der Waals surface area (Å²) in [7, 11) is -3.60. The number of hydrogen-bond donors (Lipinski definition) is 0. The molecule has 0 N–H and O–H groups in total. The first-order valence-electron chi connectivity index (χ1n) is 9.72. The van der Waals surface area contributed by atoms with Gasteiger partial charge in [0.15, 0.2) is 0 Å². The number of amides is 1. The molecular weight excluding hydrogens is 364 g/mol. The molecule has 2 saturated heterocycles. The second kappa shape index (κ2) is 7.89. The average molecular weight is 395 g/mol. The summed E-state index contributed by atoms with van der Waals surface area (Å²) < 4.78 is 33.6. The van der Waals surface area contributed by atoms with Gasteiger partial charge in [-0.2, -0.15) is 4.31 Å². The Labute approximate surface area is 162 Å². The van der Waals surface area contributed by atoms with Crippen LogP contribution < -0.4 is 0 Å². The number of sulfonamides is 1. The Morgan fingerprint density at radius 2 is 1.78 bits per heavy atom. The molecule has 150 valence electrons. The fourth-order valence-corrected chi connectivity index (χ4v) is 5.56. The highest BCUT2D eigenvalue weighted by molar-refractivity contribution is 7.89. The van der Waals surface area contributed by atoms with Gasteiger partial charge in [-0.15, -0.1) is 0 Å². The predicted octanol–water partition coefficient (Wildman–Crippen LogP) is 2.58. The average Bonchev–Trinajstić information content (AvgIpc) is 2.63. The van der Waals surface area contributed by atoms with Crippen LogP contribution in [0.5, 0.6) is 0 Å². The molecule has 27 heavy (non-hydrogen) atoms. The van der Waals surface area contributed by atoms with E-state index in [4.69, 9.17) is 4.74 Å². The number of nitrogens with zero attached hydrogens (tertiary/aromatic N) is 2. The fourth-order valence-electron chi connectivity index (χ4n) is 3.77. The Hall–Kier alpha value is -1.44. The summed E-state index contributed by atoms with van der Waals surface area (Å²) in [5.74, 6) is 0.424. The van der Waals surface area contributed by atoms with Gasteiger partial charge in [0, 0.05) is 31.7 Å². The molecule has 0 bridgehead atoms. The largest absolute Gasteiger partial charge is 0.375 e. The maximum atomic E-state index is 13.3. The number of morpholine rings is 1. The molecule has 1 amide bonds. The van der Waals surface area contributed by atoms with Gasteiger partial charge in [-0.05, 0) is 62.8 Å². The van der Waals surface area contributed by atoms with E-state index in [-0.39, 0.29) is 16.9 Å². The topological polar surface area (TPSA) is 66.9 Å². The van der Waals surface area contributed by atoms with Gasteiger partial charge < -0.3 is 9.64 Å².